The molecular formula is C15H15BrO4S. The van der Waals surface area contributed by atoms with Crippen molar-refractivity contribution < 1.29 is 19.4 Å². The molecule has 0 aliphatic rings. The Morgan fingerprint density at radius 1 is 1.29 bits per heavy atom. The Bertz CT molecular complexity index is 624. The Labute approximate surface area is 135 Å². The average molecular weight is 371 g/mol. The molecule has 0 amide bonds. The summed E-state index contributed by atoms with van der Waals surface area (Å²) in [6.07, 6.45) is 0.889. The molecule has 2 aromatic rings. The van der Waals surface area contributed by atoms with E-state index < -0.39 is 5.97 Å². The highest BCUT2D eigenvalue weighted by Gasteiger charge is 2.13. The van der Waals surface area contributed by atoms with Crippen LogP contribution in [0.15, 0.2) is 34.1 Å². The summed E-state index contributed by atoms with van der Waals surface area (Å²) in [6.45, 7) is 2.93. The maximum atomic E-state index is 11.2. The van der Waals surface area contributed by atoms with E-state index in [1.807, 2.05) is 19.1 Å². The standard InChI is InChI=1S/C15H15BrO4S/c1-2-7-19-10-3-5-12(15(17)18)13(8-10)20-9-11-4-6-14(16)21-11/h3-6,8H,2,7,9H2,1H3,(H,17,18). The van der Waals surface area contributed by atoms with Crippen molar-refractivity contribution in [1.82, 2.24) is 0 Å². The monoisotopic (exact) mass is 370 g/mol. The number of rotatable bonds is 7. The van der Waals surface area contributed by atoms with Crippen LogP contribution in [0, 0.1) is 0 Å². The number of carbonyl (C=O) groups is 1. The summed E-state index contributed by atoms with van der Waals surface area (Å²) >= 11 is 4.94. The van der Waals surface area contributed by atoms with E-state index in [0.29, 0.717) is 24.7 Å². The second-order valence-electron chi connectivity index (χ2n) is 4.31. The van der Waals surface area contributed by atoms with Gasteiger partial charge in [0.05, 0.1) is 10.4 Å². The summed E-state index contributed by atoms with van der Waals surface area (Å²) in [5.74, 6) is -0.0794. The molecular weight excluding hydrogens is 356 g/mol. The summed E-state index contributed by atoms with van der Waals surface area (Å²) in [5, 5.41) is 9.21. The van der Waals surface area contributed by atoms with Crippen molar-refractivity contribution in [3.63, 3.8) is 0 Å². The number of benzene rings is 1. The Balaban J connectivity index is 2.15. The van der Waals surface area contributed by atoms with E-state index in [0.717, 1.165) is 15.1 Å². The van der Waals surface area contributed by atoms with Crippen LogP contribution in [-0.4, -0.2) is 17.7 Å². The van der Waals surface area contributed by atoms with Crippen LogP contribution in [0.2, 0.25) is 0 Å². The molecule has 1 N–H and O–H groups in total. The van der Waals surface area contributed by atoms with Crippen LogP contribution < -0.4 is 9.47 Å². The Hall–Kier alpha value is -1.53. The van der Waals surface area contributed by atoms with Crippen LogP contribution in [0.3, 0.4) is 0 Å². The summed E-state index contributed by atoms with van der Waals surface area (Å²) in [5.41, 5.74) is 0.134. The van der Waals surface area contributed by atoms with Gasteiger partial charge in [0.15, 0.2) is 0 Å². The zero-order valence-corrected chi connectivity index (χ0v) is 13.9. The lowest BCUT2D eigenvalue weighted by Crippen LogP contribution is -2.04. The van der Waals surface area contributed by atoms with E-state index in [1.165, 1.54) is 6.07 Å². The minimum atomic E-state index is -1.01. The molecule has 0 radical (unpaired) electrons. The number of ether oxygens (including phenoxy) is 2. The van der Waals surface area contributed by atoms with Gasteiger partial charge in [-0.25, -0.2) is 4.79 Å². The molecule has 0 atom stereocenters. The molecule has 0 unspecified atom stereocenters. The van der Waals surface area contributed by atoms with Crippen molar-refractivity contribution in [3.05, 3.63) is 44.6 Å². The van der Waals surface area contributed by atoms with Crippen molar-refractivity contribution >= 4 is 33.2 Å². The van der Waals surface area contributed by atoms with Gasteiger partial charge in [0, 0.05) is 10.9 Å². The van der Waals surface area contributed by atoms with Gasteiger partial charge in [0.1, 0.15) is 23.7 Å². The first-order valence-corrected chi connectivity index (χ1v) is 8.08. The van der Waals surface area contributed by atoms with Crippen LogP contribution in [-0.2, 0) is 6.61 Å². The highest BCUT2D eigenvalue weighted by molar-refractivity contribution is 9.11. The number of aromatic carboxylic acids is 1. The van der Waals surface area contributed by atoms with E-state index in [1.54, 1.807) is 23.5 Å². The molecule has 0 aliphatic heterocycles. The maximum Gasteiger partial charge on any atom is 0.339 e. The Morgan fingerprint density at radius 3 is 2.71 bits per heavy atom. The van der Waals surface area contributed by atoms with Gasteiger partial charge in [0.25, 0.3) is 0 Å². The second-order valence-corrected chi connectivity index (χ2v) is 6.85. The lowest BCUT2D eigenvalue weighted by molar-refractivity contribution is 0.0691. The highest BCUT2D eigenvalue weighted by Crippen LogP contribution is 2.28. The number of hydrogen-bond acceptors (Lipinski definition) is 4. The fourth-order valence-corrected chi connectivity index (χ4v) is 3.08. The fraction of sp³-hybridized carbons (Fsp3) is 0.267. The first kappa shape index (κ1) is 15.9. The highest BCUT2D eigenvalue weighted by atomic mass is 79.9. The minimum Gasteiger partial charge on any atom is -0.493 e. The molecule has 0 spiro atoms. The quantitative estimate of drug-likeness (QED) is 0.774. The van der Waals surface area contributed by atoms with Crippen molar-refractivity contribution in [2.75, 3.05) is 6.61 Å². The molecule has 2 rings (SSSR count). The SMILES string of the molecule is CCCOc1ccc(C(=O)O)c(OCc2ccc(Br)s2)c1. The molecule has 0 saturated heterocycles. The van der Waals surface area contributed by atoms with Gasteiger partial charge in [-0.05, 0) is 46.6 Å². The third-order valence-corrected chi connectivity index (χ3v) is 4.25. The summed E-state index contributed by atoms with van der Waals surface area (Å²) in [4.78, 5) is 12.2. The van der Waals surface area contributed by atoms with Crippen LogP contribution in [0.1, 0.15) is 28.6 Å². The summed E-state index contributed by atoms with van der Waals surface area (Å²) in [7, 11) is 0. The van der Waals surface area contributed by atoms with E-state index in [4.69, 9.17) is 9.47 Å². The molecule has 0 aliphatic carbocycles. The third-order valence-electron chi connectivity index (χ3n) is 2.66. The van der Waals surface area contributed by atoms with Crippen LogP contribution >= 0.6 is 27.3 Å². The Kier molecular flexibility index (Phi) is 5.64. The van der Waals surface area contributed by atoms with Crippen LogP contribution in [0.5, 0.6) is 11.5 Å². The van der Waals surface area contributed by atoms with Gasteiger partial charge in [-0.1, -0.05) is 6.92 Å². The van der Waals surface area contributed by atoms with E-state index >= 15 is 0 Å². The zero-order valence-electron chi connectivity index (χ0n) is 11.5. The molecule has 0 bridgehead atoms. The first-order valence-electron chi connectivity index (χ1n) is 6.47. The normalized spacial score (nSPS) is 10.4. The summed E-state index contributed by atoms with van der Waals surface area (Å²) < 4.78 is 12.2. The van der Waals surface area contributed by atoms with E-state index in [2.05, 4.69) is 15.9 Å². The van der Waals surface area contributed by atoms with Crippen molar-refractivity contribution in [1.29, 1.82) is 0 Å². The molecule has 1 heterocycles. The number of carboxylic acids is 1. The third kappa shape index (κ3) is 4.47. The second kappa shape index (κ2) is 7.47. The van der Waals surface area contributed by atoms with Crippen molar-refractivity contribution in [3.8, 4) is 11.5 Å². The molecule has 4 nitrogen and oxygen atoms in total. The van der Waals surface area contributed by atoms with Gasteiger partial charge in [-0.15, -0.1) is 11.3 Å². The molecule has 112 valence electrons. The van der Waals surface area contributed by atoms with E-state index in [-0.39, 0.29) is 5.56 Å². The van der Waals surface area contributed by atoms with E-state index in [9.17, 15) is 9.90 Å². The number of carboxylic acid groups (broad SMARTS) is 1. The topological polar surface area (TPSA) is 55.8 Å². The zero-order chi connectivity index (χ0) is 15.2. The van der Waals surface area contributed by atoms with Crippen molar-refractivity contribution in [2.45, 2.75) is 20.0 Å². The van der Waals surface area contributed by atoms with Gasteiger partial charge >= 0.3 is 5.97 Å². The van der Waals surface area contributed by atoms with Crippen molar-refractivity contribution in [2.24, 2.45) is 0 Å². The van der Waals surface area contributed by atoms with Crippen LogP contribution in [0.4, 0.5) is 0 Å². The van der Waals surface area contributed by atoms with Gasteiger partial charge in [-0.3, -0.25) is 0 Å². The van der Waals surface area contributed by atoms with Crippen LogP contribution in [0.25, 0.3) is 0 Å². The molecule has 0 fully saturated rings. The minimum absolute atomic E-state index is 0.134. The number of hydrogen-bond donors (Lipinski definition) is 1. The lowest BCUT2D eigenvalue weighted by atomic mass is 10.2. The first-order chi connectivity index (χ1) is 10.1. The smallest absolute Gasteiger partial charge is 0.339 e. The largest absolute Gasteiger partial charge is 0.493 e. The van der Waals surface area contributed by atoms with Gasteiger partial charge in [-0.2, -0.15) is 0 Å². The fourth-order valence-electron chi connectivity index (χ4n) is 1.69. The molecule has 21 heavy (non-hydrogen) atoms. The molecule has 6 heteroatoms. The lowest BCUT2D eigenvalue weighted by Gasteiger charge is -2.11. The Morgan fingerprint density at radius 2 is 2.10 bits per heavy atom. The number of halogens is 1. The molecule has 1 aromatic heterocycles. The average Bonchev–Trinajstić information content (AvgIpc) is 2.88. The molecule has 1 aromatic carbocycles. The van der Waals surface area contributed by atoms with Gasteiger partial charge in [0.2, 0.25) is 0 Å². The van der Waals surface area contributed by atoms with Gasteiger partial charge < -0.3 is 14.6 Å². The molecule has 0 saturated carbocycles. The predicted molar refractivity (Wildman–Crippen MR) is 85.5 cm³/mol. The number of thiophene rings is 1. The predicted octanol–water partition coefficient (Wildman–Crippen LogP) is 4.58. The summed E-state index contributed by atoms with van der Waals surface area (Å²) in [6, 6.07) is 8.65. The maximum absolute atomic E-state index is 11.2.